The Labute approximate surface area is 115 Å². The first-order chi connectivity index (χ1) is 9.11. The molecular weight excluding hydrogens is 236 g/mol. The van der Waals surface area contributed by atoms with Gasteiger partial charge in [0.15, 0.2) is 0 Å². The zero-order valence-electron chi connectivity index (χ0n) is 11.9. The van der Waals surface area contributed by atoms with Crippen LogP contribution in [0.5, 0.6) is 0 Å². The van der Waals surface area contributed by atoms with Gasteiger partial charge >= 0.3 is 0 Å². The Balaban J connectivity index is 2.07. The Morgan fingerprint density at radius 1 is 1.26 bits per heavy atom. The molecule has 1 amide bonds. The maximum absolute atomic E-state index is 11.9. The molecule has 0 fully saturated rings. The molecule has 1 aliphatic rings. The molecule has 0 saturated heterocycles. The third-order valence-electron chi connectivity index (χ3n) is 4.03. The number of amides is 1. The Hall–Kier alpha value is -1.35. The zero-order chi connectivity index (χ0) is 13.8. The van der Waals surface area contributed by atoms with Gasteiger partial charge in [0, 0.05) is 12.5 Å². The van der Waals surface area contributed by atoms with Crippen molar-refractivity contribution < 1.29 is 4.79 Å². The van der Waals surface area contributed by atoms with E-state index in [1.54, 1.807) is 0 Å². The summed E-state index contributed by atoms with van der Waals surface area (Å²) < 4.78 is 0. The quantitative estimate of drug-likeness (QED) is 0.873. The van der Waals surface area contributed by atoms with Crippen LogP contribution in [0.25, 0.3) is 0 Å². The molecule has 0 aliphatic heterocycles. The van der Waals surface area contributed by atoms with Gasteiger partial charge in [0.05, 0.1) is 6.04 Å². The summed E-state index contributed by atoms with van der Waals surface area (Å²) >= 11 is 0. The number of fused-ring (bicyclic) bond motifs is 1. The third-order valence-corrected chi connectivity index (χ3v) is 4.03. The molecule has 0 aromatic heterocycles. The SMILES string of the molecule is C[C@H](CN)C(=O)N[C@H](C)c1ccc2c(c1)CCCC2. The molecule has 0 radical (unpaired) electrons. The van der Waals surface area contributed by atoms with Gasteiger partial charge in [-0.05, 0) is 49.3 Å². The zero-order valence-corrected chi connectivity index (χ0v) is 11.9. The first-order valence-corrected chi connectivity index (χ1v) is 7.24. The van der Waals surface area contributed by atoms with E-state index in [4.69, 9.17) is 5.73 Å². The number of carbonyl (C=O) groups excluding carboxylic acids is 1. The minimum atomic E-state index is -0.125. The van der Waals surface area contributed by atoms with Crippen LogP contribution in [0.4, 0.5) is 0 Å². The second kappa shape index (κ2) is 6.20. The van der Waals surface area contributed by atoms with Crippen molar-refractivity contribution in [2.24, 2.45) is 11.7 Å². The van der Waals surface area contributed by atoms with Gasteiger partial charge in [-0.15, -0.1) is 0 Å². The highest BCUT2D eigenvalue weighted by Crippen LogP contribution is 2.24. The van der Waals surface area contributed by atoms with Crippen molar-refractivity contribution in [3.63, 3.8) is 0 Å². The summed E-state index contributed by atoms with van der Waals surface area (Å²) in [4.78, 5) is 11.9. The van der Waals surface area contributed by atoms with Crippen LogP contribution in [0.15, 0.2) is 18.2 Å². The summed E-state index contributed by atoms with van der Waals surface area (Å²) in [5.74, 6) is -0.0900. The molecule has 0 bridgehead atoms. The van der Waals surface area contributed by atoms with Crippen LogP contribution in [0, 0.1) is 5.92 Å². The van der Waals surface area contributed by atoms with Gasteiger partial charge in [-0.2, -0.15) is 0 Å². The first kappa shape index (κ1) is 14.1. The molecule has 3 heteroatoms. The first-order valence-electron chi connectivity index (χ1n) is 7.24. The topological polar surface area (TPSA) is 55.1 Å². The van der Waals surface area contributed by atoms with E-state index >= 15 is 0 Å². The van der Waals surface area contributed by atoms with E-state index in [1.165, 1.54) is 42.4 Å². The number of benzene rings is 1. The van der Waals surface area contributed by atoms with Crippen molar-refractivity contribution in [2.75, 3.05) is 6.54 Å². The third kappa shape index (κ3) is 3.35. The van der Waals surface area contributed by atoms with Crippen LogP contribution in [-0.4, -0.2) is 12.5 Å². The second-order valence-electron chi connectivity index (χ2n) is 5.60. The van der Waals surface area contributed by atoms with Gasteiger partial charge in [0.25, 0.3) is 0 Å². The molecule has 0 heterocycles. The Bertz CT molecular complexity index is 456. The molecule has 3 nitrogen and oxygen atoms in total. The smallest absolute Gasteiger partial charge is 0.224 e. The fraction of sp³-hybridized carbons (Fsp3) is 0.562. The molecule has 1 aromatic rings. The molecule has 1 aliphatic carbocycles. The summed E-state index contributed by atoms with van der Waals surface area (Å²) in [7, 11) is 0. The molecule has 19 heavy (non-hydrogen) atoms. The van der Waals surface area contributed by atoms with Crippen molar-refractivity contribution in [1.82, 2.24) is 5.32 Å². The maximum Gasteiger partial charge on any atom is 0.224 e. The molecule has 2 rings (SSSR count). The lowest BCUT2D eigenvalue weighted by molar-refractivity contribution is -0.124. The van der Waals surface area contributed by atoms with E-state index in [0.29, 0.717) is 6.54 Å². The van der Waals surface area contributed by atoms with E-state index < -0.39 is 0 Å². The normalized spacial score (nSPS) is 17.4. The predicted octanol–water partition coefficient (Wildman–Crippen LogP) is 2.34. The highest BCUT2D eigenvalue weighted by Gasteiger charge is 2.16. The Kier molecular flexibility index (Phi) is 4.59. The minimum Gasteiger partial charge on any atom is -0.349 e. The minimum absolute atomic E-state index is 0.0349. The molecule has 104 valence electrons. The Morgan fingerprint density at radius 2 is 1.95 bits per heavy atom. The van der Waals surface area contributed by atoms with Crippen molar-refractivity contribution >= 4 is 5.91 Å². The van der Waals surface area contributed by atoms with E-state index in [9.17, 15) is 4.79 Å². The highest BCUT2D eigenvalue weighted by atomic mass is 16.1. The molecule has 0 saturated carbocycles. The van der Waals surface area contributed by atoms with Crippen LogP contribution in [0.1, 0.15) is 49.4 Å². The van der Waals surface area contributed by atoms with Gasteiger partial charge in [-0.1, -0.05) is 25.1 Å². The average molecular weight is 260 g/mol. The molecule has 2 atom stereocenters. The van der Waals surface area contributed by atoms with E-state index in [0.717, 1.165) is 0 Å². The molecule has 0 unspecified atom stereocenters. The summed E-state index contributed by atoms with van der Waals surface area (Å²) in [6, 6.07) is 6.67. The van der Waals surface area contributed by atoms with Gasteiger partial charge < -0.3 is 11.1 Å². The van der Waals surface area contributed by atoms with Crippen molar-refractivity contribution in [1.29, 1.82) is 0 Å². The fourth-order valence-corrected chi connectivity index (χ4v) is 2.57. The monoisotopic (exact) mass is 260 g/mol. The standard InChI is InChI=1S/C16H24N2O/c1-11(10-17)16(19)18-12(2)14-8-7-13-5-3-4-6-15(13)9-14/h7-9,11-12H,3-6,10,17H2,1-2H3,(H,18,19)/t11-,12-/m1/s1. The number of aryl methyl sites for hydroxylation is 2. The molecular formula is C16H24N2O. The van der Waals surface area contributed by atoms with Crippen molar-refractivity contribution in [3.05, 3.63) is 34.9 Å². The lowest BCUT2D eigenvalue weighted by Gasteiger charge is -2.21. The number of rotatable bonds is 4. The van der Waals surface area contributed by atoms with E-state index in [-0.39, 0.29) is 17.9 Å². The second-order valence-corrected chi connectivity index (χ2v) is 5.60. The van der Waals surface area contributed by atoms with Gasteiger partial charge in [-0.3, -0.25) is 4.79 Å². The van der Waals surface area contributed by atoms with E-state index in [2.05, 4.69) is 23.5 Å². The maximum atomic E-state index is 11.9. The van der Waals surface area contributed by atoms with Crippen LogP contribution >= 0.6 is 0 Å². The summed E-state index contributed by atoms with van der Waals surface area (Å²) in [6.45, 7) is 4.28. The lowest BCUT2D eigenvalue weighted by Crippen LogP contribution is -2.34. The van der Waals surface area contributed by atoms with Crippen LogP contribution in [0.2, 0.25) is 0 Å². The van der Waals surface area contributed by atoms with Crippen LogP contribution in [0.3, 0.4) is 0 Å². The number of nitrogens with two attached hydrogens (primary N) is 1. The van der Waals surface area contributed by atoms with Gasteiger partial charge in [0.2, 0.25) is 5.91 Å². The van der Waals surface area contributed by atoms with Crippen LogP contribution in [-0.2, 0) is 17.6 Å². The number of nitrogens with one attached hydrogen (secondary N) is 1. The number of carbonyl (C=O) groups is 1. The van der Waals surface area contributed by atoms with Crippen LogP contribution < -0.4 is 11.1 Å². The van der Waals surface area contributed by atoms with E-state index in [1.807, 2.05) is 13.8 Å². The summed E-state index contributed by atoms with van der Waals surface area (Å²) in [6.07, 6.45) is 4.94. The van der Waals surface area contributed by atoms with Crippen molar-refractivity contribution in [3.8, 4) is 0 Å². The van der Waals surface area contributed by atoms with Gasteiger partial charge in [0.1, 0.15) is 0 Å². The largest absolute Gasteiger partial charge is 0.349 e. The average Bonchev–Trinajstić information content (AvgIpc) is 2.45. The number of hydrogen-bond donors (Lipinski definition) is 2. The molecule has 0 spiro atoms. The highest BCUT2D eigenvalue weighted by molar-refractivity contribution is 5.78. The summed E-state index contributed by atoms with van der Waals surface area (Å²) in [5.41, 5.74) is 9.64. The molecule has 3 N–H and O–H groups in total. The fourth-order valence-electron chi connectivity index (χ4n) is 2.57. The van der Waals surface area contributed by atoms with Crippen molar-refractivity contribution in [2.45, 2.75) is 45.6 Å². The Morgan fingerprint density at radius 3 is 2.63 bits per heavy atom. The van der Waals surface area contributed by atoms with Gasteiger partial charge in [-0.25, -0.2) is 0 Å². The predicted molar refractivity (Wildman–Crippen MR) is 77.9 cm³/mol. The lowest BCUT2D eigenvalue weighted by atomic mass is 9.89. The molecule has 1 aromatic carbocycles. The summed E-state index contributed by atoms with van der Waals surface area (Å²) in [5, 5.41) is 3.03. The number of hydrogen-bond acceptors (Lipinski definition) is 2.